The Labute approximate surface area is 96.1 Å². The van der Waals surface area contributed by atoms with Gasteiger partial charge in [0, 0.05) is 5.56 Å². The highest BCUT2D eigenvalue weighted by atomic mass is 16.1. The smallest absolute Gasteiger partial charge is 0.159 e. The molecular formula is C15H16O. The number of ketones is 1. The second-order valence-electron chi connectivity index (χ2n) is 4.53. The molecule has 0 spiro atoms. The van der Waals surface area contributed by atoms with Gasteiger partial charge in [-0.3, -0.25) is 4.79 Å². The van der Waals surface area contributed by atoms with Gasteiger partial charge in [-0.05, 0) is 35.2 Å². The molecule has 0 aliphatic rings. The number of carbonyl (C=O) groups excluding carboxylic acids is 1. The van der Waals surface area contributed by atoms with E-state index in [0.29, 0.717) is 5.92 Å². The standard InChI is InChI=1S/C15H16O/c1-10(2)13-6-4-12-5-7-14(11(3)16)9-15(12)8-13/h4-10H,1-3H3. The number of Topliss-reactive ketones (excluding diaryl/α,β-unsaturated/α-hetero) is 1. The molecule has 0 saturated heterocycles. The molecule has 0 aromatic heterocycles. The molecule has 0 atom stereocenters. The summed E-state index contributed by atoms with van der Waals surface area (Å²) in [6.45, 7) is 5.96. The van der Waals surface area contributed by atoms with Gasteiger partial charge in [-0.15, -0.1) is 0 Å². The summed E-state index contributed by atoms with van der Waals surface area (Å²) in [5.74, 6) is 0.641. The molecule has 0 fully saturated rings. The zero-order chi connectivity index (χ0) is 11.7. The first-order chi connectivity index (χ1) is 7.58. The minimum absolute atomic E-state index is 0.122. The van der Waals surface area contributed by atoms with Crippen LogP contribution < -0.4 is 0 Å². The third-order valence-corrected chi connectivity index (χ3v) is 2.94. The van der Waals surface area contributed by atoms with E-state index in [1.807, 2.05) is 18.2 Å². The summed E-state index contributed by atoms with van der Waals surface area (Å²) >= 11 is 0. The van der Waals surface area contributed by atoms with E-state index in [2.05, 4.69) is 32.0 Å². The number of benzene rings is 2. The van der Waals surface area contributed by atoms with Gasteiger partial charge in [0.15, 0.2) is 5.78 Å². The van der Waals surface area contributed by atoms with Crippen LogP contribution in [-0.4, -0.2) is 5.78 Å². The van der Waals surface area contributed by atoms with E-state index in [4.69, 9.17) is 0 Å². The van der Waals surface area contributed by atoms with Crippen molar-refractivity contribution in [2.24, 2.45) is 0 Å². The summed E-state index contributed by atoms with van der Waals surface area (Å²) in [4.78, 5) is 11.3. The molecule has 0 unspecified atom stereocenters. The van der Waals surface area contributed by atoms with E-state index in [1.165, 1.54) is 10.9 Å². The Bertz CT molecular complexity index is 538. The molecule has 1 heteroatoms. The van der Waals surface area contributed by atoms with E-state index in [0.717, 1.165) is 10.9 Å². The first kappa shape index (κ1) is 10.9. The number of hydrogen-bond acceptors (Lipinski definition) is 1. The molecule has 0 amide bonds. The lowest BCUT2D eigenvalue weighted by atomic mass is 9.98. The lowest BCUT2D eigenvalue weighted by Crippen LogP contribution is -1.92. The lowest BCUT2D eigenvalue weighted by molar-refractivity contribution is 0.101. The first-order valence-corrected chi connectivity index (χ1v) is 5.62. The van der Waals surface area contributed by atoms with Crippen molar-refractivity contribution in [3.8, 4) is 0 Å². The Kier molecular flexibility index (Phi) is 2.78. The molecule has 0 radical (unpaired) electrons. The van der Waals surface area contributed by atoms with E-state index in [-0.39, 0.29) is 5.78 Å². The molecule has 2 rings (SSSR count). The second-order valence-corrected chi connectivity index (χ2v) is 4.53. The molecule has 0 heterocycles. The van der Waals surface area contributed by atoms with E-state index < -0.39 is 0 Å². The molecular weight excluding hydrogens is 196 g/mol. The molecule has 0 N–H and O–H groups in total. The minimum Gasteiger partial charge on any atom is -0.295 e. The fourth-order valence-corrected chi connectivity index (χ4v) is 1.84. The van der Waals surface area contributed by atoms with Crippen LogP contribution in [0.3, 0.4) is 0 Å². The van der Waals surface area contributed by atoms with Gasteiger partial charge < -0.3 is 0 Å². The van der Waals surface area contributed by atoms with Gasteiger partial charge in [0.25, 0.3) is 0 Å². The number of hydrogen-bond donors (Lipinski definition) is 0. The first-order valence-electron chi connectivity index (χ1n) is 5.62. The predicted octanol–water partition coefficient (Wildman–Crippen LogP) is 4.17. The highest BCUT2D eigenvalue weighted by molar-refractivity contribution is 5.98. The zero-order valence-corrected chi connectivity index (χ0v) is 9.95. The molecule has 2 aromatic rings. The van der Waals surface area contributed by atoms with Gasteiger partial charge >= 0.3 is 0 Å². The fraction of sp³-hybridized carbons (Fsp3) is 0.267. The zero-order valence-electron chi connectivity index (χ0n) is 9.95. The summed E-state index contributed by atoms with van der Waals surface area (Å²) in [5, 5.41) is 2.34. The van der Waals surface area contributed by atoms with E-state index >= 15 is 0 Å². The Morgan fingerprint density at radius 2 is 1.69 bits per heavy atom. The molecule has 82 valence electrons. The van der Waals surface area contributed by atoms with Crippen LogP contribution in [-0.2, 0) is 0 Å². The average Bonchev–Trinajstić information content (AvgIpc) is 2.27. The summed E-state index contributed by atoms with van der Waals surface area (Å²) in [7, 11) is 0. The van der Waals surface area contributed by atoms with E-state index in [9.17, 15) is 4.79 Å². The highest BCUT2D eigenvalue weighted by Crippen LogP contribution is 2.22. The Balaban J connectivity index is 2.61. The molecule has 2 aromatic carbocycles. The molecule has 0 aliphatic heterocycles. The van der Waals surface area contributed by atoms with Crippen molar-refractivity contribution in [3.05, 3.63) is 47.5 Å². The summed E-state index contributed by atoms with van der Waals surface area (Å²) in [5.41, 5.74) is 2.10. The predicted molar refractivity (Wildman–Crippen MR) is 68.0 cm³/mol. The molecule has 16 heavy (non-hydrogen) atoms. The van der Waals surface area contributed by atoms with Gasteiger partial charge in [0.2, 0.25) is 0 Å². The summed E-state index contributed by atoms with van der Waals surface area (Å²) < 4.78 is 0. The quantitative estimate of drug-likeness (QED) is 0.683. The van der Waals surface area contributed by atoms with Gasteiger partial charge in [-0.25, -0.2) is 0 Å². The maximum absolute atomic E-state index is 11.3. The monoisotopic (exact) mass is 212 g/mol. The van der Waals surface area contributed by atoms with Crippen molar-refractivity contribution >= 4 is 16.6 Å². The third-order valence-electron chi connectivity index (χ3n) is 2.94. The summed E-state index contributed by atoms with van der Waals surface area (Å²) in [6.07, 6.45) is 0. The number of rotatable bonds is 2. The Hall–Kier alpha value is -1.63. The molecule has 0 saturated carbocycles. The van der Waals surface area contributed by atoms with Gasteiger partial charge in [-0.2, -0.15) is 0 Å². The molecule has 0 aliphatic carbocycles. The highest BCUT2D eigenvalue weighted by Gasteiger charge is 2.03. The maximum atomic E-state index is 11.3. The number of carbonyl (C=O) groups is 1. The topological polar surface area (TPSA) is 17.1 Å². The summed E-state index contributed by atoms with van der Waals surface area (Å²) in [6, 6.07) is 12.3. The largest absolute Gasteiger partial charge is 0.295 e. The normalized spacial score (nSPS) is 11.0. The van der Waals surface area contributed by atoms with Crippen molar-refractivity contribution in [1.82, 2.24) is 0 Å². The SMILES string of the molecule is CC(=O)c1ccc2ccc(C(C)C)cc2c1. The van der Waals surface area contributed by atoms with Crippen LogP contribution in [0.1, 0.15) is 42.6 Å². The molecule has 1 nitrogen and oxygen atoms in total. The average molecular weight is 212 g/mol. The number of fused-ring (bicyclic) bond motifs is 1. The van der Waals surface area contributed by atoms with Crippen molar-refractivity contribution in [1.29, 1.82) is 0 Å². The van der Waals surface area contributed by atoms with Crippen LogP contribution in [0.2, 0.25) is 0 Å². The van der Waals surface area contributed by atoms with Crippen molar-refractivity contribution in [3.63, 3.8) is 0 Å². The Morgan fingerprint density at radius 3 is 2.31 bits per heavy atom. The van der Waals surface area contributed by atoms with Gasteiger partial charge in [-0.1, -0.05) is 44.2 Å². The van der Waals surface area contributed by atoms with Crippen molar-refractivity contribution < 1.29 is 4.79 Å². The Morgan fingerprint density at radius 1 is 1.00 bits per heavy atom. The maximum Gasteiger partial charge on any atom is 0.159 e. The van der Waals surface area contributed by atoms with Crippen molar-refractivity contribution in [2.45, 2.75) is 26.7 Å². The van der Waals surface area contributed by atoms with Gasteiger partial charge in [0.1, 0.15) is 0 Å². The molecule has 0 bridgehead atoms. The minimum atomic E-state index is 0.122. The van der Waals surface area contributed by atoms with Crippen LogP contribution in [0.4, 0.5) is 0 Å². The van der Waals surface area contributed by atoms with Crippen LogP contribution in [0, 0.1) is 0 Å². The second kappa shape index (κ2) is 4.09. The fourth-order valence-electron chi connectivity index (χ4n) is 1.84. The third kappa shape index (κ3) is 1.99. The van der Waals surface area contributed by atoms with E-state index in [1.54, 1.807) is 6.92 Å². The van der Waals surface area contributed by atoms with Gasteiger partial charge in [0.05, 0.1) is 0 Å². The van der Waals surface area contributed by atoms with Crippen LogP contribution in [0.15, 0.2) is 36.4 Å². The van der Waals surface area contributed by atoms with Crippen LogP contribution in [0.25, 0.3) is 10.8 Å². The van der Waals surface area contributed by atoms with Crippen LogP contribution in [0.5, 0.6) is 0 Å². The van der Waals surface area contributed by atoms with Crippen LogP contribution >= 0.6 is 0 Å². The van der Waals surface area contributed by atoms with Crippen molar-refractivity contribution in [2.75, 3.05) is 0 Å². The lowest BCUT2D eigenvalue weighted by Gasteiger charge is -2.07.